The van der Waals surface area contributed by atoms with Crippen molar-refractivity contribution in [2.75, 3.05) is 6.61 Å². The van der Waals surface area contributed by atoms with Gasteiger partial charge in [-0.3, -0.25) is 0 Å². The van der Waals surface area contributed by atoms with E-state index in [1.54, 1.807) is 0 Å². The van der Waals surface area contributed by atoms with Crippen LogP contribution in [0.3, 0.4) is 0 Å². The topological polar surface area (TPSA) is 64.1 Å². The Bertz CT molecular complexity index is 294. The molecule has 0 saturated carbocycles. The van der Waals surface area contributed by atoms with Gasteiger partial charge in [-0.1, -0.05) is 6.92 Å². The van der Waals surface area contributed by atoms with Crippen LogP contribution in [0.1, 0.15) is 32.5 Å². The Hall–Kier alpha value is -0.870. The summed E-state index contributed by atoms with van der Waals surface area (Å²) in [5, 5.41) is 9.01. The van der Waals surface area contributed by atoms with Gasteiger partial charge in [0.25, 0.3) is 0 Å². The average Bonchev–Trinajstić information content (AvgIpc) is 2.65. The molecule has 86 valence electrons. The molecule has 1 atom stereocenters. The van der Waals surface area contributed by atoms with Crippen LogP contribution in [0.4, 0.5) is 0 Å². The lowest BCUT2D eigenvalue weighted by molar-refractivity contribution is 0.196. The minimum Gasteiger partial charge on any atom is -0.394 e. The van der Waals surface area contributed by atoms with Crippen LogP contribution in [-0.4, -0.2) is 26.8 Å². The quantitative estimate of drug-likeness (QED) is 0.736. The predicted octanol–water partition coefficient (Wildman–Crippen LogP) is 0.935. The maximum Gasteiger partial charge on any atom is 0.108 e. The summed E-state index contributed by atoms with van der Waals surface area (Å²) in [6, 6.07) is 0. The number of hydrogen-bond acceptors (Lipinski definition) is 3. The summed E-state index contributed by atoms with van der Waals surface area (Å²) in [5.41, 5.74) is 5.40. The molecule has 15 heavy (non-hydrogen) atoms. The smallest absolute Gasteiger partial charge is 0.108 e. The van der Waals surface area contributed by atoms with E-state index in [4.69, 9.17) is 10.8 Å². The van der Waals surface area contributed by atoms with E-state index in [1.807, 2.05) is 19.3 Å². The highest BCUT2D eigenvalue weighted by Gasteiger charge is 2.16. The van der Waals surface area contributed by atoms with Crippen molar-refractivity contribution in [2.24, 2.45) is 5.73 Å². The number of aromatic nitrogens is 2. The van der Waals surface area contributed by atoms with Crippen molar-refractivity contribution in [3.8, 4) is 0 Å². The third-order valence-corrected chi connectivity index (χ3v) is 2.63. The molecule has 1 unspecified atom stereocenters. The molecule has 1 aromatic rings. The maximum absolute atomic E-state index is 9.01. The molecule has 3 N–H and O–H groups in total. The van der Waals surface area contributed by atoms with Gasteiger partial charge in [-0.2, -0.15) is 0 Å². The number of imidazole rings is 1. The SMILES string of the molecule is CCc1nccn1CCCC(C)(N)CO. The van der Waals surface area contributed by atoms with Crippen molar-refractivity contribution in [3.05, 3.63) is 18.2 Å². The number of aliphatic hydroxyl groups is 1. The van der Waals surface area contributed by atoms with Crippen molar-refractivity contribution in [1.82, 2.24) is 9.55 Å². The summed E-state index contributed by atoms with van der Waals surface area (Å²) in [7, 11) is 0. The summed E-state index contributed by atoms with van der Waals surface area (Å²) in [6.07, 6.45) is 6.56. The monoisotopic (exact) mass is 211 g/mol. The summed E-state index contributed by atoms with van der Waals surface area (Å²) in [4.78, 5) is 4.25. The molecule has 0 aliphatic rings. The summed E-state index contributed by atoms with van der Waals surface area (Å²) in [5.74, 6) is 1.11. The Morgan fingerprint density at radius 1 is 1.60 bits per heavy atom. The van der Waals surface area contributed by atoms with Crippen molar-refractivity contribution in [1.29, 1.82) is 0 Å². The van der Waals surface area contributed by atoms with Gasteiger partial charge in [0.15, 0.2) is 0 Å². The van der Waals surface area contributed by atoms with Gasteiger partial charge in [-0.25, -0.2) is 4.98 Å². The van der Waals surface area contributed by atoms with Gasteiger partial charge >= 0.3 is 0 Å². The first-order valence-electron chi connectivity index (χ1n) is 5.49. The second-order valence-corrected chi connectivity index (χ2v) is 4.31. The van der Waals surface area contributed by atoms with Crippen LogP contribution in [0.2, 0.25) is 0 Å². The highest BCUT2D eigenvalue weighted by molar-refractivity contribution is 4.91. The highest BCUT2D eigenvalue weighted by Crippen LogP contribution is 2.10. The molecule has 4 nitrogen and oxygen atoms in total. The van der Waals surface area contributed by atoms with Crippen molar-refractivity contribution in [2.45, 2.75) is 45.2 Å². The minimum absolute atomic E-state index is 0.0392. The van der Waals surface area contributed by atoms with Gasteiger partial charge < -0.3 is 15.4 Å². The van der Waals surface area contributed by atoms with Crippen LogP contribution >= 0.6 is 0 Å². The molecule has 0 radical (unpaired) electrons. The number of rotatable bonds is 6. The standard InChI is InChI=1S/C11H21N3O/c1-3-10-13-6-8-14(10)7-4-5-11(2,12)9-15/h6,8,15H,3-5,7,9,12H2,1-2H3. The summed E-state index contributed by atoms with van der Waals surface area (Å²) in [6.45, 7) is 4.94. The number of nitrogens with zero attached hydrogens (tertiary/aromatic N) is 2. The first-order valence-corrected chi connectivity index (χ1v) is 5.49. The Balaban J connectivity index is 2.38. The fraction of sp³-hybridized carbons (Fsp3) is 0.727. The van der Waals surface area contributed by atoms with Crippen LogP contribution in [0, 0.1) is 0 Å². The van der Waals surface area contributed by atoms with Gasteiger partial charge in [0.1, 0.15) is 5.82 Å². The molecule has 1 heterocycles. The highest BCUT2D eigenvalue weighted by atomic mass is 16.3. The zero-order valence-electron chi connectivity index (χ0n) is 9.61. The lowest BCUT2D eigenvalue weighted by Gasteiger charge is -2.21. The average molecular weight is 211 g/mol. The minimum atomic E-state index is -0.451. The fourth-order valence-corrected chi connectivity index (χ4v) is 1.59. The number of nitrogens with two attached hydrogens (primary N) is 1. The molecule has 0 aliphatic heterocycles. The molecule has 0 saturated heterocycles. The zero-order chi connectivity index (χ0) is 11.3. The van der Waals surface area contributed by atoms with Gasteiger partial charge in [0, 0.05) is 30.9 Å². The van der Waals surface area contributed by atoms with E-state index in [2.05, 4.69) is 16.5 Å². The molecule has 0 spiro atoms. The Labute approximate surface area is 91.1 Å². The molecule has 0 aromatic carbocycles. The maximum atomic E-state index is 9.01. The van der Waals surface area contributed by atoms with Crippen LogP contribution < -0.4 is 5.73 Å². The molecule has 1 aromatic heterocycles. The molecular weight excluding hydrogens is 190 g/mol. The lowest BCUT2D eigenvalue weighted by atomic mass is 9.98. The van der Waals surface area contributed by atoms with Gasteiger partial charge in [0.2, 0.25) is 0 Å². The van der Waals surface area contributed by atoms with Crippen molar-refractivity contribution in [3.63, 3.8) is 0 Å². The number of hydrogen-bond donors (Lipinski definition) is 2. The van der Waals surface area contributed by atoms with E-state index >= 15 is 0 Å². The van der Waals surface area contributed by atoms with Crippen molar-refractivity contribution < 1.29 is 5.11 Å². The van der Waals surface area contributed by atoms with E-state index in [9.17, 15) is 0 Å². The number of aliphatic hydroxyl groups excluding tert-OH is 1. The molecular formula is C11H21N3O. The first kappa shape index (κ1) is 12.2. The van der Waals surface area contributed by atoms with Gasteiger partial charge in [0.05, 0.1) is 6.61 Å². The Morgan fingerprint density at radius 3 is 2.93 bits per heavy atom. The molecule has 0 aliphatic carbocycles. The predicted molar refractivity (Wildman–Crippen MR) is 60.5 cm³/mol. The molecule has 0 fully saturated rings. The zero-order valence-corrected chi connectivity index (χ0v) is 9.61. The molecule has 0 amide bonds. The largest absolute Gasteiger partial charge is 0.394 e. The molecule has 4 heteroatoms. The van der Waals surface area contributed by atoms with E-state index in [0.717, 1.165) is 31.6 Å². The second-order valence-electron chi connectivity index (χ2n) is 4.31. The first-order chi connectivity index (χ1) is 7.09. The van der Waals surface area contributed by atoms with E-state index in [1.165, 1.54) is 0 Å². The third-order valence-electron chi connectivity index (χ3n) is 2.63. The second kappa shape index (κ2) is 5.28. The van der Waals surface area contributed by atoms with Crippen LogP contribution in [-0.2, 0) is 13.0 Å². The van der Waals surface area contributed by atoms with Gasteiger partial charge in [-0.05, 0) is 19.8 Å². The summed E-state index contributed by atoms with van der Waals surface area (Å²) >= 11 is 0. The van der Waals surface area contributed by atoms with Gasteiger partial charge in [-0.15, -0.1) is 0 Å². The van der Waals surface area contributed by atoms with E-state index in [-0.39, 0.29) is 6.61 Å². The molecule has 1 rings (SSSR count). The Morgan fingerprint density at radius 2 is 2.33 bits per heavy atom. The number of aryl methyl sites for hydroxylation is 2. The normalized spacial score (nSPS) is 15.2. The lowest BCUT2D eigenvalue weighted by Crippen LogP contribution is -2.40. The van der Waals surface area contributed by atoms with Crippen LogP contribution in [0.5, 0.6) is 0 Å². The summed E-state index contributed by atoms with van der Waals surface area (Å²) < 4.78 is 2.15. The van der Waals surface area contributed by atoms with Crippen LogP contribution in [0.25, 0.3) is 0 Å². The van der Waals surface area contributed by atoms with Crippen LogP contribution in [0.15, 0.2) is 12.4 Å². The Kier molecular flexibility index (Phi) is 4.29. The van der Waals surface area contributed by atoms with Crippen molar-refractivity contribution >= 4 is 0 Å². The van der Waals surface area contributed by atoms with E-state index < -0.39 is 5.54 Å². The van der Waals surface area contributed by atoms with E-state index in [0.29, 0.717) is 0 Å². The fourth-order valence-electron chi connectivity index (χ4n) is 1.59. The molecule has 0 bridgehead atoms. The third kappa shape index (κ3) is 3.64.